The maximum atomic E-state index is 11.7. The summed E-state index contributed by atoms with van der Waals surface area (Å²) in [4.78, 5) is 14.7. The van der Waals surface area contributed by atoms with Gasteiger partial charge < -0.3 is 15.2 Å². The number of rotatable bonds is 5. The van der Waals surface area contributed by atoms with Crippen LogP contribution in [0.25, 0.3) is 10.9 Å². The highest BCUT2D eigenvalue weighted by atomic mass is 16.4. The van der Waals surface area contributed by atoms with Gasteiger partial charge in [0.15, 0.2) is 0 Å². The molecule has 0 fully saturated rings. The minimum absolute atomic E-state index is 0.139. The summed E-state index contributed by atoms with van der Waals surface area (Å²) in [5.74, 6) is -1.31. The number of H-pyrrole nitrogens is 1. The number of nitrogens with one attached hydrogen (secondary N) is 1. The fourth-order valence-electron chi connectivity index (χ4n) is 2.79. The lowest BCUT2D eigenvalue weighted by Crippen LogP contribution is -2.12. The molecule has 0 saturated carbocycles. The minimum Gasteiger partial charge on any atom is -0.508 e. The number of fused-ring (bicyclic) bond motifs is 1. The van der Waals surface area contributed by atoms with Gasteiger partial charge in [-0.05, 0) is 42.2 Å². The highest BCUT2D eigenvalue weighted by Crippen LogP contribution is 2.31. The Hall–Kier alpha value is -2.75. The van der Waals surface area contributed by atoms with Crippen molar-refractivity contribution in [2.24, 2.45) is 0 Å². The van der Waals surface area contributed by atoms with Gasteiger partial charge in [0.2, 0.25) is 0 Å². The standard InChI is InChI=1S/C18H17NO3/c20-13-7-9-17-15(10-13)16(11-19-17)14(18(21)22)8-6-12-4-2-1-3-5-12/h1-5,7,9-11,14,19-20H,6,8H2,(H,21,22). The number of phenols is 1. The number of aromatic amines is 1. The van der Waals surface area contributed by atoms with Crippen LogP contribution in [0.3, 0.4) is 0 Å². The van der Waals surface area contributed by atoms with E-state index in [0.29, 0.717) is 18.4 Å². The molecule has 0 radical (unpaired) electrons. The number of carbonyl (C=O) groups is 1. The van der Waals surface area contributed by atoms with Gasteiger partial charge in [-0.3, -0.25) is 4.79 Å². The first kappa shape index (κ1) is 14.2. The Bertz CT molecular complexity index is 792. The maximum absolute atomic E-state index is 11.7. The molecule has 3 rings (SSSR count). The number of hydrogen-bond acceptors (Lipinski definition) is 2. The largest absolute Gasteiger partial charge is 0.508 e. The maximum Gasteiger partial charge on any atom is 0.311 e. The van der Waals surface area contributed by atoms with Crippen molar-refractivity contribution < 1.29 is 15.0 Å². The summed E-state index contributed by atoms with van der Waals surface area (Å²) in [7, 11) is 0. The fraction of sp³-hybridized carbons (Fsp3) is 0.167. The van der Waals surface area contributed by atoms with E-state index in [0.717, 1.165) is 16.5 Å². The SMILES string of the molecule is O=C(O)C(CCc1ccccc1)c1c[nH]c2ccc(O)cc12. The monoisotopic (exact) mass is 295 g/mol. The summed E-state index contributed by atoms with van der Waals surface area (Å²) in [6.07, 6.45) is 2.94. The number of carboxylic acid groups (broad SMARTS) is 1. The molecule has 0 bridgehead atoms. The summed E-state index contributed by atoms with van der Waals surface area (Å²) in [6.45, 7) is 0. The normalized spacial score (nSPS) is 12.4. The first-order valence-electron chi connectivity index (χ1n) is 7.22. The molecule has 4 nitrogen and oxygen atoms in total. The third kappa shape index (κ3) is 2.81. The van der Waals surface area contributed by atoms with Gasteiger partial charge in [-0.1, -0.05) is 30.3 Å². The molecule has 2 aromatic carbocycles. The smallest absolute Gasteiger partial charge is 0.311 e. The van der Waals surface area contributed by atoms with Crippen LogP contribution in [0.4, 0.5) is 0 Å². The zero-order chi connectivity index (χ0) is 15.5. The van der Waals surface area contributed by atoms with Crippen molar-refractivity contribution >= 4 is 16.9 Å². The molecule has 1 aromatic heterocycles. The van der Waals surface area contributed by atoms with Crippen molar-refractivity contribution in [2.75, 3.05) is 0 Å². The van der Waals surface area contributed by atoms with Crippen LogP contribution in [-0.4, -0.2) is 21.2 Å². The van der Waals surface area contributed by atoms with E-state index in [2.05, 4.69) is 4.98 Å². The molecule has 22 heavy (non-hydrogen) atoms. The summed E-state index contributed by atoms with van der Waals surface area (Å²) in [5, 5.41) is 20.0. The second-order valence-electron chi connectivity index (χ2n) is 5.39. The second-order valence-corrected chi connectivity index (χ2v) is 5.39. The van der Waals surface area contributed by atoms with Crippen LogP contribution >= 0.6 is 0 Å². The van der Waals surface area contributed by atoms with E-state index in [-0.39, 0.29) is 5.75 Å². The number of aryl methyl sites for hydroxylation is 1. The zero-order valence-corrected chi connectivity index (χ0v) is 12.0. The number of phenolic OH excluding ortho intramolecular Hbond substituents is 1. The van der Waals surface area contributed by atoms with Crippen LogP contribution in [0.15, 0.2) is 54.7 Å². The summed E-state index contributed by atoms with van der Waals surface area (Å²) in [5.41, 5.74) is 2.67. The molecule has 3 aromatic rings. The Morgan fingerprint density at radius 2 is 1.91 bits per heavy atom. The first-order valence-corrected chi connectivity index (χ1v) is 7.22. The number of benzene rings is 2. The van der Waals surface area contributed by atoms with Crippen LogP contribution in [0, 0.1) is 0 Å². The van der Waals surface area contributed by atoms with E-state index in [1.807, 2.05) is 30.3 Å². The highest BCUT2D eigenvalue weighted by Gasteiger charge is 2.23. The molecule has 0 spiro atoms. The molecule has 112 valence electrons. The summed E-state index contributed by atoms with van der Waals surface area (Å²) >= 11 is 0. The molecule has 0 aliphatic heterocycles. The predicted octanol–water partition coefficient (Wildman–Crippen LogP) is 3.67. The molecule has 3 N–H and O–H groups in total. The molecule has 1 atom stereocenters. The topological polar surface area (TPSA) is 73.3 Å². The van der Waals surface area contributed by atoms with Crippen molar-refractivity contribution in [3.63, 3.8) is 0 Å². The van der Waals surface area contributed by atoms with Gasteiger partial charge in [-0.25, -0.2) is 0 Å². The molecule has 0 saturated heterocycles. The minimum atomic E-state index is -0.847. The van der Waals surface area contributed by atoms with Gasteiger partial charge in [0.1, 0.15) is 5.75 Å². The Labute approximate surface area is 128 Å². The van der Waals surface area contributed by atoms with E-state index >= 15 is 0 Å². The van der Waals surface area contributed by atoms with E-state index in [4.69, 9.17) is 0 Å². The molecular formula is C18H17NO3. The average molecular weight is 295 g/mol. The van der Waals surface area contributed by atoms with Gasteiger partial charge in [0, 0.05) is 17.1 Å². The van der Waals surface area contributed by atoms with E-state index in [1.165, 1.54) is 0 Å². The third-order valence-corrected chi connectivity index (χ3v) is 3.94. The van der Waals surface area contributed by atoms with Gasteiger partial charge in [0.05, 0.1) is 5.92 Å². The molecule has 0 amide bonds. The Kier molecular flexibility index (Phi) is 3.83. The number of aliphatic carboxylic acids is 1. The van der Waals surface area contributed by atoms with E-state index in [9.17, 15) is 15.0 Å². The summed E-state index contributed by atoms with van der Waals surface area (Å²) < 4.78 is 0. The van der Waals surface area contributed by atoms with Crippen LogP contribution in [0.2, 0.25) is 0 Å². The lowest BCUT2D eigenvalue weighted by molar-refractivity contribution is -0.138. The first-order chi connectivity index (χ1) is 10.6. The average Bonchev–Trinajstić information content (AvgIpc) is 2.91. The van der Waals surface area contributed by atoms with Crippen LogP contribution in [0.1, 0.15) is 23.5 Å². The number of carboxylic acids is 1. The van der Waals surface area contributed by atoms with Gasteiger partial charge in [-0.2, -0.15) is 0 Å². The van der Waals surface area contributed by atoms with Crippen LogP contribution in [0.5, 0.6) is 5.75 Å². The fourth-order valence-corrected chi connectivity index (χ4v) is 2.79. The number of aromatic hydroxyl groups is 1. The third-order valence-electron chi connectivity index (χ3n) is 3.94. The number of aromatic nitrogens is 1. The molecule has 0 aliphatic carbocycles. The van der Waals surface area contributed by atoms with Crippen molar-refractivity contribution in [3.8, 4) is 5.75 Å². The molecule has 0 aliphatic rings. The quantitative estimate of drug-likeness (QED) is 0.672. The Balaban J connectivity index is 1.90. The second kappa shape index (κ2) is 5.93. The Morgan fingerprint density at radius 1 is 1.14 bits per heavy atom. The van der Waals surface area contributed by atoms with Crippen molar-refractivity contribution in [1.29, 1.82) is 0 Å². The van der Waals surface area contributed by atoms with Gasteiger partial charge in [0.25, 0.3) is 0 Å². The molecular weight excluding hydrogens is 278 g/mol. The van der Waals surface area contributed by atoms with Crippen LogP contribution < -0.4 is 0 Å². The summed E-state index contributed by atoms with van der Waals surface area (Å²) in [6, 6.07) is 14.8. The van der Waals surface area contributed by atoms with Crippen molar-refractivity contribution in [1.82, 2.24) is 4.98 Å². The highest BCUT2D eigenvalue weighted by molar-refractivity contribution is 5.90. The lowest BCUT2D eigenvalue weighted by atomic mass is 9.92. The predicted molar refractivity (Wildman–Crippen MR) is 85.1 cm³/mol. The molecule has 1 heterocycles. The van der Waals surface area contributed by atoms with E-state index < -0.39 is 11.9 Å². The molecule has 1 unspecified atom stereocenters. The molecule has 4 heteroatoms. The van der Waals surface area contributed by atoms with E-state index in [1.54, 1.807) is 24.4 Å². The lowest BCUT2D eigenvalue weighted by Gasteiger charge is -2.12. The van der Waals surface area contributed by atoms with Crippen LogP contribution in [-0.2, 0) is 11.2 Å². The van der Waals surface area contributed by atoms with Crippen molar-refractivity contribution in [3.05, 3.63) is 65.9 Å². The zero-order valence-electron chi connectivity index (χ0n) is 12.0. The van der Waals surface area contributed by atoms with Crippen molar-refractivity contribution in [2.45, 2.75) is 18.8 Å². The number of hydrogen-bond donors (Lipinski definition) is 3. The Morgan fingerprint density at radius 3 is 2.64 bits per heavy atom. The van der Waals surface area contributed by atoms with Gasteiger partial charge >= 0.3 is 5.97 Å². The van der Waals surface area contributed by atoms with Gasteiger partial charge in [-0.15, -0.1) is 0 Å².